The van der Waals surface area contributed by atoms with Crippen LogP contribution in [-0.4, -0.2) is 27.3 Å². The second kappa shape index (κ2) is 8.48. The van der Waals surface area contributed by atoms with Crippen molar-refractivity contribution in [1.29, 1.82) is 0 Å². The van der Waals surface area contributed by atoms with Gasteiger partial charge in [-0.1, -0.05) is 0 Å². The first-order valence-corrected chi connectivity index (χ1v) is 12.6. The second-order valence-electron chi connectivity index (χ2n) is 6.62. The Hall–Kier alpha value is -3.48. The van der Waals surface area contributed by atoms with E-state index in [-0.39, 0.29) is 0 Å². The molecule has 0 unspecified atom stereocenters. The SMILES string of the molecule is c1ccc([O][Ga]([O]c2cccc3cccnc23)[O]c2cccc3cccnc23)cc1. The van der Waals surface area contributed by atoms with Crippen molar-refractivity contribution in [2.75, 3.05) is 0 Å². The number of hydrogen-bond acceptors (Lipinski definition) is 5. The Morgan fingerprint density at radius 3 is 1.60 bits per heavy atom. The van der Waals surface area contributed by atoms with E-state index in [2.05, 4.69) is 9.97 Å². The Kier molecular flexibility index (Phi) is 5.24. The molecule has 0 fully saturated rings. The molecule has 30 heavy (non-hydrogen) atoms. The fraction of sp³-hybridized carbons (Fsp3) is 0. The van der Waals surface area contributed by atoms with Crippen molar-refractivity contribution < 1.29 is 10.6 Å². The third-order valence-electron chi connectivity index (χ3n) is 4.61. The van der Waals surface area contributed by atoms with E-state index in [0.717, 1.165) is 21.8 Å². The minimum absolute atomic E-state index is 0.655. The number of nitrogens with zero attached hydrogens (tertiary/aromatic N) is 2. The Balaban J connectivity index is 1.51. The Morgan fingerprint density at radius 1 is 0.500 bits per heavy atom. The monoisotopic (exact) mass is 450 g/mol. The molecule has 0 aliphatic carbocycles. The summed E-state index contributed by atoms with van der Waals surface area (Å²) in [5.41, 5.74) is 1.57. The molecule has 0 aliphatic heterocycles. The third kappa shape index (κ3) is 3.96. The van der Waals surface area contributed by atoms with Crippen LogP contribution in [-0.2, 0) is 0 Å². The van der Waals surface area contributed by atoms with Crippen molar-refractivity contribution in [3.63, 3.8) is 0 Å². The van der Waals surface area contributed by atoms with Crippen molar-refractivity contribution in [2.24, 2.45) is 0 Å². The number of pyridine rings is 2. The average molecular weight is 451 g/mol. The van der Waals surface area contributed by atoms with Gasteiger partial charge >= 0.3 is 180 Å². The summed E-state index contributed by atoms with van der Waals surface area (Å²) < 4.78 is 18.9. The van der Waals surface area contributed by atoms with Crippen LogP contribution in [0.3, 0.4) is 0 Å². The van der Waals surface area contributed by atoms with Gasteiger partial charge in [0.25, 0.3) is 0 Å². The van der Waals surface area contributed by atoms with Gasteiger partial charge in [0.1, 0.15) is 0 Å². The van der Waals surface area contributed by atoms with Gasteiger partial charge in [0.2, 0.25) is 0 Å². The van der Waals surface area contributed by atoms with E-state index in [0.29, 0.717) is 17.2 Å². The first-order chi connectivity index (χ1) is 14.9. The van der Waals surface area contributed by atoms with E-state index in [4.69, 9.17) is 10.6 Å². The average Bonchev–Trinajstić information content (AvgIpc) is 2.80. The molecule has 0 bridgehead atoms. The van der Waals surface area contributed by atoms with Crippen LogP contribution in [0.25, 0.3) is 21.8 Å². The molecule has 2 heterocycles. The molecule has 0 radical (unpaired) electrons. The zero-order valence-corrected chi connectivity index (χ0v) is 18.4. The van der Waals surface area contributed by atoms with Gasteiger partial charge in [0.15, 0.2) is 0 Å². The van der Waals surface area contributed by atoms with Gasteiger partial charge in [-0.2, -0.15) is 0 Å². The molecule has 5 rings (SSSR count). The molecule has 5 nitrogen and oxygen atoms in total. The number of aromatic nitrogens is 2. The molecular weight excluding hydrogens is 434 g/mol. The fourth-order valence-corrected chi connectivity index (χ4v) is 6.00. The minimum atomic E-state index is -3.29. The van der Waals surface area contributed by atoms with Crippen molar-refractivity contribution in [2.45, 2.75) is 0 Å². The molecule has 0 aliphatic rings. The van der Waals surface area contributed by atoms with E-state index in [1.807, 2.05) is 91.0 Å². The van der Waals surface area contributed by atoms with Crippen molar-refractivity contribution in [3.8, 4) is 17.2 Å². The molecule has 3 aromatic carbocycles. The molecular formula is C24H17GaN2O3. The first kappa shape index (κ1) is 18.5. The summed E-state index contributed by atoms with van der Waals surface area (Å²) in [7, 11) is 0. The molecule has 2 aromatic heterocycles. The number of hydrogen-bond donors (Lipinski definition) is 0. The number of fused-ring (bicyclic) bond motifs is 2. The van der Waals surface area contributed by atoms with Gasteiger partial charge in [0.05, 0.1) is 0 Å². The molecule has 0 saturated heterocycles. The predicted molar refractivity (Wildman–Crippen MR) is 118 cm³/mol. The van der Waals surface area contributed by atoms with Gasteiger partial charge in [-0.3, -0.25) is 0 Å². The molecule has 0 spiro atoms. The third-order valence-corrected chi connectivity index (χ3v) is 7.46. The summed E-state index contributed by atoms with van der Waals surface area (Å²) in [6, 6.07) is 29.1. The van der Waals surface area contributed by atoms with Gasteiger partial charge in [0, 0.05) is 0 Å². The molecule has 0 amide bonds. The summed E-state index contributed by atoms with van der Waals surface area (Å²) in [6.45, 7) is 0. The van der Waals surface area contributed by atoms with Gasteiger partial charge in [-0.05, 0) is 0 Å². The molecule has 0 atom stereocenters. The van der Waals surface area contributed by atoms with Crippen LogP contribution in [0.4, 0.5) is 0 Å². The summed E-state index contributed by atoms with van der Waals surface area (Å²) in [4.78, 5) is 8.96. The Morgan fingerprint density at radius 2 is 1.03 bits per heavy atom. The first-order valence-electron chi connectivity index (χ1n) is 9.59. The summed E-state index contributed by atoms with van der Waals surface area (Å²) in [6.07, 6.45) is 3.51. The van der Waals surface area contributed by atoms with Crippen LogP contribution < -0.4 is 10.6 Å². The van der Waals surface area contributed by atoms with Crippen LogP contribution in [0.2, 0.25) is 0 Å². The molecule has 5 aromatic rings. The van der Waals surface area contributed by atoms with Crippen molar-refractivity contribution in [1.82, 2.24) is 9.97 Å². The van der Waals surface area contributed by atoms with E-state index in [9.17, 15) is 0 Å². The van der Waals surface area contributed by atoms with Crippen LogP contribution in [0.1, 0.15) is 0 Å². The summed E-state index contributed by atoms with van der Waals surface area (Å²) in [5.74, 6) is 2.02. The second-order valence-corrected chi connectivity index (χ2v) is 9.31. The maximum atomic E-state index is 6.34. The Bertz CT molecular complexity index is 1210. The van der Waals surface area contributed by atoms with Crippen molar-refractivity contribution >= 4 is 39.1 Å². The summed E-state index contributed by atoms with van der Waals surface area (Å²) in [5, 5.41) is 2.00. The van der Waals surface area contributed by atoms with E-state index < -0.39 is 17.3 Å². The molecule has 0 saturated carbocycles. The van der Waals surface area contributed by atoms with E-state index in [1.165, 1.54) is 0 Å². The summed E-state index contributed by atoms with van der Waals surface area (Å²) >= 11 is -3.29. The maximum absolute atomic E-state index is 6.34. The van der Waals surface area contributed by atoms with Gasteiger partial charge in [-0.25, -0.2) is 0 Å². The number of para-hydroxylation sites is 3. The normalized spacial score (nSPS) is 10.7. The standard InChI is InChI=1S/2C9H7NO.C6H6O.Ga/c2*11-8-5-1-3-7-4-2-6-10-9(7)8;7-6-4-2-1-3-5-6;/h2*1-6,11H;1-5,7H;/q;;;+3/p-3. The van der Waals surface area contributed by atoms with Gasteiger partial charge in [-0.15, -0.1) is 0 Å². The van der Waals surface area contributed by atoms with Crippen LogP contribution in [0.5, 0.6) is 17.2 Å². The topological polar surface area (TPSA) is 53.5 Å². The van der Waals surface area contributed by atoms with Crippen LogP contribution >= 0.6 is 0 Å². The van der Waals surface area contributed by atoms with E-state index >= 15 is 0 Å². The molecule has 0 N–H and O–H groups in total. The van der Waals surface area contributed by atoms with Crippen LogP contribution in [0.15, 0.2) is 103 Å². The molecule has 6 heteroatoms. The van der Waals surface area contributed by atoms with E-state index in [1.54, 1.807) is 12.4 Å². The fourth-order valence-electron chi connectivity index (χ4n) is 3.23. The quantitative estimate of drug-likeness (QED) is 0.328. The van der Waals surface area contributed by atoms with Crippen LogP contribution in [0, 0.1) is 0 Å². The number of rotatable bonds is 6. The zero-order valence-electron chi connectivity index (χ0n) is 16.0. The number of benzene rings is 3. The zero-order chi connectivity index (χ0) is 20.2. The van der Waals surface area contributed by atoms with Gasteiger partial charge < -0.3 is 0 Å². The Labute approximate surface area is 180 Å². The van der Waals surface area contributed by atoms with Crippen molar-refractivity contribution in [3.05, 3.63) is 103 Å². The molecule has 144 valence electrons. The predicted octanol–water partition coefficient (Wildman–Crippen LogP) is 5.30.